The van der Waals surface area contributed by atoms with Crippen LogP contribution in [0.15, 0.2) is 30.3 Å². The summed E-state index contributed by atoms with van der Waals surface area (Å²) in [5.41, 5.74) is 1.09. The van der Waals surface area contributed by atoms with Crippen LogP contribution in [0.5, 0.6) is 0 Å². The average molecular weight is 499 g/mol. The highest BCUT2D eigenvalue weighted by Gasteiger charge is 2.52. The molecule has 1 spiro atoms. The Kier molecular flexibility index (Phi) is 9.22. The first-order chi connectivity index (χ1) is 15.3. The van der Waals surface area contributed by atoms with Crippen LogP contribution in [0.4, 0.5) is 0 Å². The number of carbonyl (C=O) groups excluding carboxylic acids is 2. The predicted octanol–water partition coefficient (Wildman–Crippen LogP) is 2.30. The van der Waals surface area contributed by atoms with Gasteiger partial charge < -0.3 is 14.7 Å². The minimum absolute atomic E-state index is 0.192. The zero-order valence-electron chi connectivity index (χ0n) is 18.1. The number of aryl methyl sites for hydroxylation is 1. The lowest BCUT2D eigenvalue weighted by Gasteiger charge is -2.28. The molecule has 2 N–H and O–H groups in total. The number of hydrogen-bond donors (Lipinski definition) is 3. The molecule has 0 aromatic heterocycles. The molecule has 32 heavy (non-hydrogen) atoms. The van der Waals surface area contributed by atoms with E-state index in [9.17, 15) is 19.5 Å². The third kappa shape index (κ3) is 6.36. The Labute approximate surface area is 202 Å². The van der Waals surface area contributed by atoms with E-state index in [4.69, 9.17) is 4.74 Å². The molecule has 1 aromatic carbocycles. The standard InChI is InChI=1S/C22H30N2O5S3/c1-15(19(25)24-14-22(31-11-12-32-22)13-18(24)20(26)27)23-17(21(28)29-9-10-30)8-7-16-5-3-2-4-6-16/h2-6,15,17-18,23,30H,7-14H2,1H3,(H,26,27). The molecule has 7 nitrogen and oxygen atoms in total. The number of thioether (sulfide) groups is 2. The molecule has 0 saturated carbocycles. The van der Waals surface area contributed by atoms with E-state index in [1.54, 1.807) is 30.4 Å². The van der Waals surface area contributed by atoms with Crippen molar-refractivity contribution in [3.63, 3.8) is 0 Å². The Bertz CT molecular complexity index is 804. The highest BCUT2D eigenvalue weighted by molar-refractivity contribution is 8.21. The van der Waals surface area contributed by atoms with E-state index in [0.29, 0.717) is 31.6 Å². The molecule has 176 valence electrons. The molecule has 3 rings (SSSR count). The van der Waals surface area contributed by atoms with E-state index in [1.165, 1.54) is 4.90 Å². The van der Waals surface area contributed by atoms with Crippen molar-refractivity contribution >= 4 is 54.0 Å². The number of carbonyl (C=O) groups is 3. The summed E-state index contributed by atoms with van der Waals surface area (Å²) in [4.78, 5) is 39.2. The zero-order valence-corrected chi connectivity index (χ0v) is 20.6. The van der Waals surface area contributed by atoms with Crippen LogP contribution in [0.1, 0.15) is 25.3 Å². The summed E-state index contributed by atoms with van der Waals surface area (Å²) in [6.07, 6.45) is 1.55. The summed E-state index contributed by atoms with van der Waals surface area (Å²) in [5.74, 6) is 0.635. The number of amides is 1. The smallest absolute Gasteiger partial charge is 0.326 e. The summed E-state index contributed by atoms with van der Waals surface area (Å²) >= 11 is 7.57. The first-order valence-electron chi connectivity index (χ1n) is 10.7. The fraction of sp³-hybridized carbons (Fsp3) is 0.591. The molecule has 0 aliphatic carbocycles. The third-order valence-corrected chi connectivity index (χ3v) is 9.29. The van der Waals surface area contributed by atoms with E-state index in [-0.39, 0.29) is 16.6 Å². The number of carboxylic acid groups (broad SMARTS) is 1. The Hall–Kier alpha value is -1.36. The molecule has 3 unspecified atom stereocenters. The molecule has 0 radical (unpaired) electrons. The molecule has 3 atom stereocenters. The Balaban J connectivity index is 1.67. The van der Waals surface area contributed by atoms with Crippen LogP contribution in [0, 0.1) is 0 Å². The number of carboxylic acids is 1. The van der Waals surface area contributed by atoms with Crippen molar-refractivity contribution < 1.29 is 24.2 Å². The van der Waals surface area contributed by atoms with Crippen molar-refractivity contribution in [1.82, 2.24) is 10.2 Å². The zero-order chi connectivity index (χ0) is 23.1. The number of benzene rings is 1. The van der Waals surface area contributed by atoms with Crippen LogP contribution in [-0.4, -0.2) is 80.5 Å². The van der Waals surface area contributed by atoms with Crippen molar-refractivity contribution in [2.24, 2.45) is 0 Å². The molecule has 2 heterocycles. The van der Waals surface area contributed by atoms with Crippen molar-refractivity contribution in [2.75, 3.05) is 30.4 Å². The summed E-state index contributed by atoms with van der Waals surface area (Å²) < 4.78 is 5.04. The van der Waals surface area contributed by atoms with Crippen LogP contribution in [0.25, 0.3) is 0 Å². The van der Waals surface area contributed by atoms with E-state index in [0.717, 1.165) is 17.1 Å². The molecule has 10 heteroatoms. The van der Waals surface area contributed by atoms with Gasteiger partial charge >= 0.3 is 11.9 Å². The molecule has 1 amide bonds. The van der Waals surface area contributed by atoms with Gasteiger partial charge in [0.15, 0.2) is 0 Å². The van der Waals surface area contributed by atoms with Gasteiger partial charge in [0.1, 0.15) is 18.7 Å². The highest BCUT2D eigenvalue weighted by Crippen LogP contribution is 2.51. The summed E-state index contributed by atoms with van der Waals surface area (Å²) in [6.45, 7) is 2.28. The maximum atomic E-state index is 13.3. The number of esters is 1. The topological polar surface area (TPSA) is 95.9 Å². The van der Waals surface area contributed by atoms with Crippen molar-refractivity contribution in [1.29, 1.82) is 0 Å². The number of nitrogens with zero attached hydrogens (tertiary/aromatic N) is 1. The van der Waals surface area contributed by atoms with Crippen LogP contribution in [0.2, 0.25) is 0 Å². The second-order valence-corrected chi connectivity index (χ2v) is 11.7. The maximum Gasteiger partial charge on any atom is 0.326 e. The Morgan fingerprint density at radius 1 is 1.28 bits per heavy atom. The fourth-order valence-electron chi connectivity index (χ4n) is 4.09. The third-order valence-electron chi connectivity index (χ3n) is 5.68. The van der Waals surface area contributed by atoms with Gasteiger partial charge in [-0.25, -0.2) is 4.79 Å². The van der Waals surface area contributed by atoms with Crippen molar-refractivity contribution in [3.05, 3.63) is 35.9 Å². The second kappa shape index (κ2) is 11.7. The fourth-order valence-corrected chi connectivity index (χ4v) is 7.44. The van der Waals surface area contributed by atoms with E-state index < -0.39 is 30.1 Å². The summed E-state index contributed by atoms with van der Waals surface area (Å²) in [6, 6.07) is 7.56. The number of hydrogen-bond acceptors (Lipinski definition) is 8. The number of rotatable bonds is 10. The molecule has 2 saturated heterocycles. The van der Waals surface area contributed by atoms with E-state index >= 15 is 0 Å². The number of aliphatic carboxylic acids is 1. The van der Waals surface area contributed by atoms with Gasteiger partial charge in [0.05, 0.1) is 10.1 Å². The van der Waals surface area contributed by atoms with Crippen molar-refractivity contribution in [3.8, 4) is 0 Å². The van der Waals surface area contributed by atoms with Gasteiger partial charge in [0, 0.05) is 30.2 Å². The van der Waals surface area contributed by atoms with Crippen molar-refractivity contribution in [2.45, 2.75) is 48.4 Å². The number of thiol groups is 1. The summed E-state index contributed by atoms with van der Waals surface area (Å²) in [7, 11) is 0. The molecular formula is C22H30N2O5S3. The molecular weight excluding hydrogens is 468 g/mol. The van der Waals surface area contributed by atoms with Gasteiger partial charge in [-0.15, -0.1) is 23.5 Å². The van der Waals surface area contributed by atoms with Gasteiger partial charge in [-0.3, -0.25) is 14.9 Å². The monoisotopic (exact) mass is 498 g/mol. The van der Waals surface area contributed by atoms with Crippen LogP contribution >= 0.6 is 36.2 Å². The Morgan fingerprint density at radius 2 is 1.97 bits per heavy atom. The lowest BCUT2D eigenvalue weighted by Crippen LogP contribution is -2.53. The number of nitrogens with one attached hydrogen (secondary N) is 1. The number of likely N-dealkylation sites (tertiary alicyclic amines) is 1. The maximum absolute atomic E-state index is 13.3. The van der Waals surface area contributed by atoms with Crippen LogP contribution in [-0.2, 0) is 25.5 Å². The lowest BCUT2D eigenvalue weighted by atomic mass is 10.0. The molecule has 2 aliphatic rings. The second-order valence-electron chi connectivity index (χ2n) is 7.99. The minimum atomic E-state index is -0.982. The van der Waals surface area contributed by atoms with Gasteiger partial charge in [-0.05, 0) is 25.3 Å². The first kappa shape index (κ1) is 25.3. The molecule has 2 fully saturated rings. The molecule has 2 aliphatic heterocycles. The van der Waals surface area contributed by atoms with Gasteiger partial charge in [-0.1, -0.05) is 30.3 Å². The minimum Gasteiger partial charge on any atom is -0.480 e. The van der Waals surface area contributed by atoms with Gasteiger partial charge in [0.25, 0.3) is 0 Å². The predicted molar refractivity (Wildman–Crippen MR) is 131 cm³/mol. The highest BCUT2D eigenvalue weighted by atomic mass is 32.2. The van der Waals surface area contributed by atoms with Gasteiger partial charge in [-0.2, -0.15) is 12.6 Å². The molecule has 1 aromatic rings. The SMILES string of the molecule is CC(NC(CCc1ccccc1)C(=O)OCCS)C(=O)N1CC2(CC1C(=O)O)SCCS2. The number of ether oxygens (including phenoxy) is 1. The largest absolute Gasteiger partial charge is 0.480 e. The lowest BCUT2D eigenvalue weighted by molar-refractivity contribution is -0.150. The summed E-state index contributed by atoms with van der Waals surface area (Å²) in [5, 5.41) is 12.8. The van der Waals surface area contributed by atoms with Gasteiger partial charge in [0.2, 0.25) is 5.91 Å². The van der Waals surface area contributed by atoms with Crippen LogP contribution < -0.4 is 5.32 Å². The normalized spacial score (nSPS) is 21.4. The molecule has 0 bridgehead atoms. The first-order valence-corrected chi connectivity index (χ1v) is 13.3. The van der Waals surface area contributed by atoms with E-state index in [2.05, 4.69) is 17.9 Å². The quantitative estimate of drug-likeness (QED) is 0.334. The Morgan fingerprint density at radius 3 is 2.59 bits per heavy atom. The average Bonchev–Trinajstić information content (AvgIpc) is 3.42. The van der Waals surface area contributed by atoms with E-state index in [1.807, 2.05) is 30.3 Å². The van der Waals surface area contributed by atoms with Crippen LogP contribution in [0.3, 0.4) is 0 Å².